The maximum absolute atomic E-state index is 12.5. The number of aromatic nitrogens is 1. The molecule has 1 unspecified atom stereocenters. The summed E-state index contributed by atoms with van der Waals surface area (Å²) in [6, 6.07) is 8.14. The van der Waals surface area contributed by atoms with Crippen LogP contribution in [0, 0.1) is 5.92 Å². The summed E-state index contributed by atoms with van der Waals surface area (Å²) in [6.07, 6.45) is 4.49. The lowest BCUT2D eigenvalue weighted by Gasteiger charge is -2.29. The lowest BCUT2D eigenvalue weighted by Crippen LogP contribution is -2.34. The van der Waals surface area contributed by atoms with Crippen molar-refractivity contribution in [3.05, 3.63) is 35.5 Å². The third kappa shape index (κ3) is 3.58. The number of nitrogens with one attached hydrogen (secondary N) is 2. The minimum atomic E-state index is 0.0298. The highest BCUT2D eigenvalue weighted by molar-refractivity contribution is 6.01. The SMILES string of the molecule is CCc1c(C(=O)NCCC2CCCN(C)C2)[nH]c2ccccc12. The molecule has 1 saturated heterocycles. The predicted octanol–water partition coefficient (Wildman–Crippen LogP) is 3.19. The fourth-order valence-corrected chi connectivity index (χ4v) is 3.75. The Morgan fingerprint density at radius 1 is 1.39 bits per heavy atom. The molecule has 0 saturated carbocycles. The molecular formula is C19H27N3O. The van der Waals surface area contributed by atoms with Gasteiger partial charge in [0.25, 0.3) is 5.91 Å². The number of hydrogen-bond acceptors (Lipinski definition) is 2. The second kappa shape index (κ2) is 7.18. The molecule has 2 heterocycles. The molecule has 1 amide bonds. The average molecular weight is 313 g/mol. The second-order valence-corrected chi connectivity index (χ2v) is 6.69. The number of carbonyl (C=O) groups excluding carboxylic acids is 1. The number of aromatic amines is 1. The van der Waals surface area contributed by atoms with Gasteiger partial charge >= 0.3 is 0 Å². The van der Waals surface area contributed by atoms with Crippen molar-refractivity contribution < 1.29 is 4.79 Å². The van der Waals surface area contributed by atoms with E-state index >= 15 is 0 Å². The Labute approximate surface area is 138 Å². The van der Waals surface area contributed by atoms with E-state index in [-0.39, 0.29) is 5.91 Å². The Hall–Kier alpha value is -1.81. The van der Waals surface area contributed by atoms with Gasteiger partial charge in [-0.15, -0.1) is 0 Å². The van der Waals surface area contributed by atoms with Crippen molar-refractivity contribution in [2.45, 2.75) is 32.6 Å². The van der Waals surface area contributed by atoms with Crippen molar-refractivity contribution in [3.8, 4) is 0 Å². The van der Waals surface area contributed by atoms with E-state index in [2.05, 4.69) is 35.2 Å². The van der Waals surface area contributed by atoms with Crippen molar-refractivity contribution in [2.75, 3.05) is 26.7 Å². The first-order valence-electron chi connectivity index (χ1n) is 8.75. The first-order chi connectivity index (χ1) is 11.2. The maximum atomic E-state index is 12.5. The molecule has 0 bridgehead atoms. The molecule has 4 nitrogen and oxygen atoms in total. The molecule has 1 aromatic heterocycles. The smallest absolute Gasteiger partial charge is 0.268 e. The van der Waals surface area contributed by atoms with Crippen LogP contribution in [0.15, 0.2) is 24.3 Å². The fraction of sp³-hybridized carbons (Fsp3) is 0.526. The number of para-hydroxylation sites is 1. The zero-order valence-corrected chi connectivity index (χ0v) is 14.2. The second-order valence-electron chi connectivity index (χ2n) is 6.69. The summed E-state index contributed by atoms with van der Waals surface area (Å²) < 4.78 is 0. The first-order valence-corrected chi connectivity index (χ1v) is 8.75. The molecule has 2 aromatic rings. The van der Waals surface area contributed by atoms with Crippen LogP contribution in [0.25, 0.3) is 10.9 Å². The van der Waals surface area contributed by atoms with E-state index in [0.717, 1.165) is 48.1 Å². The highest BCUT2D eigenvalue weighted by atomic mass is 16.1. The largest absolute Gasteiger partial charge is 0.351 e. The van der Waals surface area contributed by atoms with Crippen LogP contribution in [0.3, 0.4) is 0 Å². The molecule has 2 N–H and O–H groups in total. The van der Waals surface area contributed by atoms with Crippen LogP contribution in [0.4, 0.5) is 0 Å². The molecule has 1 atom stereocenters. The number of aryl methyl sites for hydroxylation is 1. The van der Waals surface area contributed by atoms with Crippen molar-refractivity contribution >= 4 is 16.8 Å². The van der Waals surface area contributed by atoms with Gasteiger partial charge in [-0.05, 0) is 56.8 Å². The topological polar surface area (TPSA) is 48.1 Å². The Bertz CT molecular complexity index is 676. The number of carbonyl (C=O) groups is 1. The van der Waals surface area contributed by atoms with Crippen LogP contribution < -0.4 is 5.32 Å². The van der Waals surface area contributed by atoms with Gasteiger partial charge < -0.3 is 15.2 Å². The van der Waals surface area contributed by atoms with Gasteiger partial charge in [-0.25, -0.2) is 0 Å². The molecule has 0 aliphatic carbocycles. The van der Waals surface area contributed by atoms with Crippen LogP contribution in [0.5, 0.6) is 0 Å². The molecule has 1 aromatic carbocycles. The van der Waals surface area contributed by atoms with Gasteiger partial charge in [0.05, 0.1) is 0 Å². The summed E-state index contributed by atoms with van der Waals surface area (Å²) >= 11 is 0. The average Bonchev–Trinajstić information content (AvgIpc) is 2.93. The number of rotatable bonds is 5. The number of likely N-dealkylation sites (tertiary alicyclic amines) is 1. The van der Waals surface area contributed by atoms with Gasteiger partial charge in [0.2, 0.25) is 0 Å². The molecule has 0 spiro atoms. The van der Waals surface area contributed by atoms with Crippen molar-refractivity contribution in [1.82, 2.24) is 15.2 Å². The zero-order chi connectivity index (χ0) is 16.2. The van der Waals surface area contributed by atoms with E-state index in [1.807, 2.05) is 18.2 Å². The normalized spacial score (nSPS) is 19.1. The summed E-state index contributed by atoms with van der Waals surface area (Å²) in [6.45, 7) is 5.22. The minimum absolute atomic E-state index is 0.0298. The molecule has 4 heteroatoms. The van der Waals surface area contributed by atoms with E-state index in [0.29, 0.717) is 5.92 Å². The highest BCUT2D eigenvalue weighted by Gasteiger charge is 2.19. The van der Waals surface area contributed by atoms with Gasteiger partial charge in [0.1, 0.15) is 5.69 Å². The molecule has 1 aliphatic rings. The molecule has 1 aliphatic heterocycles. The van der Waals surface area contributed by atoms with E-state index in [1.54, 1.807) is 0 Å². The van der Waals surface area contributed by atoms with Gasteiger partial charge in [-0.1, -0.05) is 25.1 Å². The monoisotopic (exact) mass is 313 g/mol. The third-order valence-electron chi connectivity index (χ3n) is 4.95. The number of piperidine rings is 1. The van der Waals surface area contributed by atoms with Crippen LogP contribution in [0.1, 0.15) is 42.2 Å². The van der Waals surface area contributed by atoms with E-state index in [4.69, 9.17) is 0 Å². The predicted molar refractivity (Wildman–Crippen MR) is 94.8 cm³/mol. The summed E-state index contributed by atoms with van der Waals surface area (Å²) in [5, 5.41) is 4.27. The van der Waals surface area contributed by atoms with Crippen LogP contribution in [0.2, 0.25) is 0 Å². The van der Waals surface area contributed by atoms with Crippen LogP contribution in [-0.4, -0.2) is 42.5 Å². The standard InChI is InChI=1S/C19H27N3O/c1-3-15-16-8-4-5-9-17(16)21-18(15)19(23)20-11-10-14-7-6-12-22(2)13-14/h4-5,8-9,14,21H,3,6-7,10-13H2,1-2H3,(H,20,23). The summed E-state index contributed by atoms with van der Waals surface area (Å²) in [5.74, 6) is 0.740. The Kier molecular flexibility index (Phi) is 5.01. The molecule has 0 radical (unpaired) electrons. The quantitative estimate of drug-likeness (QED) is 0.890. The molecule has 124 valence electrons. The van der Waals surface area contributed by atoms with E-state index in [1.165, 1.54) is 19.4 Å². The minimum Gasteiger partial charge on any atom is -0.351 e. The van der Waals surface area contributed by atoms with Gasteiger partial charge in [0, 0.05) is 24.0 Å². The number of amides is 1. The maximum Gasteiger partial charge on any atom is 0.268 e. The zero-order valence-electron chi connectivity index (χ0n) is 14.2. The van der Waals surface area contributed by atoms with Crippen LogP contribution >= 0.6 is 0 Å². The Morgan fingerprint density at radius 3 is 3.00 bits per heavy atom. The van der Waals surface area contributed by atoms with Crippen molar-refractivity contribution in [3.63, 3.8) is 0 Å². The van der Waals surface area contributed by atoms with Gasteiger partial charge in [-0.2, -0.15) is 0 Å². The molecular weight excluding hydrogens is 286 g/mol. The lowest BCUT2D eigenvalue weighted by atomic mass is 9.95. The Morgan fingerprint density at radius 2 is 2.22 bits per heavy atom. The number of benzene rings is 1. The van der Waals surface area contributed by atoms with E-state index in [9.17, 15) is 4.79 Å². The number of H-pyrrole nitrogens is 1. The lowest BCUT2D eigenvalue weighted by molar-refractivity contribution is 0.0943. The number of hydrogen-bond donors (Lipinski definition) is 2. The molecule has 3 rings (SSSR count). The molecule has 23 heavy (non-hydrogen) atoms. The summed E-state index contributed by atoms with van der Waals surface area (Å²) in [4.78, 5) is 18.2. The van der Waals surface area contributed by atoms with Gasteiger partial charge in [0.15, 0.2) is 0 Å². The van der Waals surface area contributed by atoms with Crippen molar-refractivity contribution in [1.29, 1.82) is 0 Å². The Balaban J connectivity index is 1.62. The van der Waals surface area contributed by atoms with Gasteiger partial charge in [-0.3, -0.25) is 4.79 Å². The summed E-state index contributed by atoms with van der Waals surface area (Å²) in [5.41, 5.74) is 2.90. The highest BCUT2D eigenvalue weighted by Crippen LogP contribution is 2.23. The molecule has 1 fully saturated rings. The first kappa shape index (κ1) is 16.1. The third-order valence-corrected chi connectivity index (χ3v) is 4.95. The van der Waals surface area contributed by atoms with Crippen molar-refractivity contribution in [2.24, 2.45) is 5.92 Å². The van der Waals surface area contributed by atoms with E-state index < -0.39 is 0 Å². The van der Waals surface area contributed by atoms with Crippen LogP contribution in [-0.2, 0) is 6.42 Å². The fourth-order valence-electron chi connectivity index (χ4n) is 3.75. The summed E-state index contributed by atoms with van der Waals surface area (Å²) in [7, 11) is 2.18. The number of fused-ring (bicyclic) bond motifs is 1. The number of nitrogens with zero attached hydrogens (tertiary/aromatic N) is 1.